The molecule has 0 radical (unpaired) electrons. The maximum Gasteiger partial charge on any atom is 0.0498 e. The smallest absolute Gasteiger partial charge is 0.0498 e. The van der Waals surface area contributed by atoms with Gasteiger partial charge in [-0.3, -0.25) is 0 Å². The molecule has 0 aliphatic heterocycles. The fourth-order valence-corrected chi connectivity index (χ4v) is 1.43. The third kappa shape index (κ3) is 3.53. The Bertz CT molecular complexity index is 396. The van der Waals surface area contributed by atoms with Gasteiger partial charge < -0.3 is 5.73 Å². The zero-order valence-electron chi connectivity index (χ0n) is 8.60. The van der Waals surface area contributed by atoms with Gasteiger partial charge >= 0.3 is 0 Å². The predicted molar refractivity (Wildman–Crippen MR) is 68.1 cm³/mol. The van der Waals surface area contributed by atoms with Crippen LogP contribution in [0, 0.1) is 11.2 Å². The number of nitrogen functional groups attached to an aromatic ring is 1. The van der Waals surface area contributed by atoms with Gasteiger partial charge in [-0.1, -0.05) is 17.5 Å². The molecule has 0 saturated carbocycles. The van der Waals surface area contributed by atoms with E-state index in [-0.39, 0.29) is 0 Å². The average molecular weight is 228 g/mol. The second kappa shape index (κ2) is 4.16. The van der Waals surface area contributed by atoms with Gasteiger partial charge in [-0.25, -0.2) is 0 Å². The molecule has 76 valence electrons. The van der Waals surface area contributed by atoms with Crippen LogP contribution in [-0.2, 0) is 0 Å². The SMILES string of the molecule is CS(C)(C)C#Cc1cc(Cl)ccc1N. The minimum Gasteiger partial charge on any atom is -0.398 e. The fourth-order valence-electron chi connectivity index (χ4n) is 0.845. The Balaban J connectivity index is 3.06. The zero-order valence-corrected chi connectivity index (χ0v) is 10.2. The summed E-state index contributed by atoms with van der Waals surface area (Å²) in [6, 6.07) is 5.35. The lowest BCUT2D eigenvalue weighted by Crippen LogP contribution is -1.90. The molecule has 0 bridgehead atoms. The van der Waals surface area contributed by atoms with E-state index in [1.807, 2.05) is 0 Å². The van der Waals surface area contributed by atoms with Crippen LogP contribution in [0.3, 0.4) is 0 Å². The minimum atomic E-state index is -0.812. The van der Waals surface area contributed by atoms with Crippen LogP contribution in [-0.4, -0.2) is 18.8 Å². The van der Waals surface area contributed by atoms with Crippen LogP contribution in [0.5, 0.6) is 0 Å². The Morgan fingerprint density at radius 3 is 2.50 bits per heavy atom. The number of benzene rings is 1. The van der Waals surface area contributed by atoms with E-state index in [2.05, 4.69) is 29.9 Å². The van der Waals surface area contributed by atoms with Crippen LogP contribution in [0.15, 0.2) is 18.2 Å². The van der Waals surface area contributed by atoms with Gasteiger partial charge in [0, 0.05) is 16.3 Å². The van der Waals surface area contributed by atoms with Gasteiger partial charge in [0.25, 0.3) is 0 Å². The number of nitrogens with two attached hydrogens (primary N) is 1. The van der Waals surface area contributed by atoms with Gasteiger partial charge in [0.1, 0.15) is 0 Å². The summed E-state index contributed by atoms with van der Waals surface area (Å²) in [6.07, 6.45) is 6.42. The highest BCUT2D eigenvalue weighted by Crippen LogP contribution is 2.32. The molecular formula is C11H14ClNS. The highest BCUT2D eigenvalue weighted by atomic mass is 35.5. The first-order chi connectivity index (χ1) is 6.38. The van der Waals surface area contributed by atoms with Gasteiger partial charge in [-0.15, -0.1) is 0 Å². The molecule has 0 aliphatic rings. The molecule has 1 aromatic rings. The molecular weight excluding hydrogens is 214 g/mol. The van der Waals surface area contributed by atoms with E-state index in [4.69, 9.17) is 17.3 Å². The Hall–Kier alpha value is -0.780. The number of anilines is 1. The van der Waals surface area contributed by atoms with Crippen molar-refractivity contribution >= 4 is 27.3 Å². The molecule has 0 heterocycles. The number of hydrogen-bond donors (Lipinski definition) is 1. The first-order valence-corrected chi connectivity index (χ1v) is 7.38. The second-order valence-electron chi connectivity index (χ2n) is 3.80. The molecule has 0 aliphatic carbocycles. The predicted octanol–water partition coefficient (Wildman–Crippen LogP) is 2.93. The van der Waals surface area contributed by atoms with Crippen LogP contribution < -0.4 is 5.73 Å². The standard InChI is InChI=1S/C11H14ClNS/c1-14(2,3)7-6-9-8-10(12)4-5-11(9)13/h4-5,8H,13H2,1-3H3. The maximum atomic E-state index is 5.85. The van der Waals surface area contributed by atoms with Gasteiger partial charge in [0.15, 0.2) is 0 Å². The molecule has 0 spiro atoms. The number of hydrogen-bond acceptors (Lipinski definition) is 1. The van der Waals surface area contributed by atoms with Crippen LogP contribution in [0.1, 0.15) is 5.56 Å². The molecule has 2 N–H and O–H groups in total. The van der Waals surface area contributed by atoms with E-state index >= 15 is 0 Å². The Morgan fingerprint density at radius 2 is 1.93 bits per heavy atom. The monoisotopic (exact) mass is 227 g/mol. The van der Waals surface area contributed by atoms with E-state index in [0.717, 1.165) is 5.56 Å². The quantitative estimate of drug-likeness (QED) is 0.535. The number of rotatable bonds is 0. The fraction of sp³-hybridized carbons (Fsp3) is 0.273. The van der Waals surface area contributed by atoms with Crippen molar-refractivity contribution in [1.82, 2.24) is 0 Å². The summed E-state index contributed by atoms with van der Waals surface area (Å²) in [7, 11) is -0.812. The van der Waals surface area contributed by atoms with Crippen LogP contribution in [0.25, 0.3) is 0 Å². The normalized spacial score (nSPS) is 11.7. The summed E-state index contributed by atoms with van der Waals surface area (Å²) in [5.41, 5.74) is 7.27. The Morgan fingerprint density at radius 1 is 1.29 bits per heavy atom. The van der Waals surface area contributed by atoms with E-state index in [1.54, 1.807) is 18.2 Å². The Kier molecular flexibility index (Phi) is 3.36. The lowest BCUT2D eigenvalue weighted by atomic mass is 10.2. The average Bonchev–Trinajstić information content (AvgIpc) is 2.05. The molecule has 1 aromatic carbocycles. The topological polar surface area (TPSA) is 26.0 Å². The van der Waals surface area contributed by atoms with Crippen molar-refractivity contribution in [2.45, 2.75) is 0 Å². The van der Waals surface area contributed by atoms with Crippen LogP contribution in [0.4, 0.5) is 5.69 Å². The van der Waals surface area contributed by atoms with Crippen molar-refractivity contribution in [3.8, 4) is 11.2 Å². The highest BCUT2D eigenvalue weighted by molar-refractivity contribution is 8.35. The van der Waals surface area contributed by atoms with Crippen molar-refractivity contribution < 1.29 is 0 Å². The maximum absolute atomic E-state index is 5.85. The molecule has 0 aromatic heterocycles. The molecule has 0 amide bonds. The third-order valence-electron chi connectivity index (χ3n) is 1.51. The zero-order chi connectivity index (χ0) is 10.8. The summed E-state index contributed by atoms with van der Waals surface area (Å²) in [5, 5.41) is 3.87. The van der Waals surface area contributed by atoms with Gasteiger partial charge in [-0.2, -0.15) is 10.0 Å². The van der Waals surface area contributed by atoms with Gasteiger partial charge in [0.2, 0.25) is 0 Å². The van der Waals surface area contributed by atoms with E-state index in [1.165, 1.54) is 0 Å². The lowest BCUT2D eigenvalue weighted by molar-refractivity contribution is 1.63. The first-order valence-electron chi connectivity index (χ1n) is 4.14. The van der Waals surface area contributed by atoms with Crippen molar-refractivity contribution in [1.29, 1.82) is 0 Å². The first kappa shape index (κ1) is 11.3. The molecule has 14 heavy (non-hydrogen) atoms. The summed E-state index contributed by atoms with van der Waals surface area (Å²) in [6.45, 7) is 0. The van der Waals surface area contributed by atoms with Crippen LogP contribution >= 0.6 is 21.6 Å². The van der Waals surface area contributed by atoms with Crippen LogP contribution in [0.2, 0.25) is 5.02 Å². The molecule has 0 unspecified atom stereocenters. The summed E-state index contributed by atoms with van der Waals surface area (Å²) in [4.78, 5) is 0. The molecule has 0 atom stereocenters. The van der Waals surface area contributed by atoms with Crippen molar-refractivity contribution in [3.63, 3.8) is 0 Å². The van der Waals surface area contributed by atoms with E-state index in [9.17, 15) is 0 Å². The second-order valence-corrected chi connectivity index (χ2v) is 8.11. The van der Waals surface area contributed by atoms with Gasteiger partial charge in [0.05, 0.1) is 0 Å². The van der Waals surface area contributed by atoms with Crippen molar-refractivity contribution in [2.75, 3.05) is 24.5 Å². The molecule has 0 saturated heterocycles. The van der Waals surface area contributed by atoms with E-state index < -0.39 is 10.0 Å². The highest BCUT2D eigenvalue weighted by Gasteiger charge is 1.99. The summed E-state index contributed by atoms with van der Waals surface area (Å²) in [5.74, 6) is 3.07. The third-order valence-corrected chi connectivity index (χ3v) is 2.46. The Labute approximate surface area is 92.0 Å². The molecule has 3 heteroatoms. The van der Waals surface area contributed by atoms with Gasteiger partial charge in [-0.05, 0) is 42.2 Å². The summed E-state index contributed by atoms with van der Waals surface area (Å²) < 4.78 is 0. The number of halogens is 1. The molecule has 0 fully saturated rings. The van der Waals surface area contributed by atoms with Crippen molar-refractivity contribution in [2.24, 2.45) is 0 Å². The largest absolute Gasteiger partial charge is 0.398 e. The van der Waals surface area contributed by atoms with Crippen molar-refractivity contribution in [3.05, 3.63) is 28.8 Å². The molecule has 1 rings (SSSR count). The summed E-state index contributed by atoms with van der Waals surface area (Å²) >= 11 is 5.85. The van der Waals surface area contributed by atoms with E-state index in [0.29, 0.717) is 10.7 Å². The molecule has 1 nitrogen and oxygen atoms in total. The minimum absolute atomic E-state index is 0.674. The lowest BCUT2D eigenvalue weighted by Gasteiger charge is -2.14.